The highest BCUT2D eigenvalue weighted by Crippen LogP contribution is 2.28. The zero-order valence-corrected chi connectivity index (χ0v) is 12.2. The van der Waals surface area contributed by atoms with Crippen LogP contribution in [0.25, 0.3) is 0 Å². The topological polar surface area (TPSA) is 72.6 Å². The van der Waals surface area contributed by atoms with Gasteiger partial charge < -0.3 is 10.5 Å². The Hall–Kier alpha value is -1.18. The van der Waals surface area contributed by atoms with Crippen molar-refractivity contribution in [3.8, 4) is 0 Å². The van der Waals surface area contributed by atoms with E-state index in [1.54, 1.807) is 0 Å². The number of nitrogens with two attached hydrogens (primary N) is 1. The lowest BCUT2D eigenvalue weighted by Crippen LogP contribution is -2.43. The van der Waals surface area contributed by atoms with E-state index in [1.807, 2.05) is 6.92 Å². The largest absolute Gasteiger partial charge is 0.398 e. The number of sulfonamides is 1. The first-order valence-corrected chi connectivity index (χ1v) is 8.06. The van der Waals surface area contributed by atoms with Crippen LogP contribution in [0.3, 0.4) is 0 Å². The molecule has 1 aliphatic heterocycles. The SMILES string of the molecule is CCOC1CCCN(S(=O)(=O)c2c(N)cccc2F)C1. The van der Waals surface area contributed by atoms with Crippen molar-refractivity contribution in [1.29, 1.82) is 0 Å². The van der Waals surface area contributed by atoms with Crippen LogP contribution < -0.4 is 5.73 Å². The minimum absolute atomic E-state index is 0.0662. The normalized spacial score (nSPS) is 21.0. The van der Waals surface area contributed by atoms with Crippen LogP contribution in [0.2, 0.25) is 0 Å². The number of halogens is 1. The Labute approximate surface area is 118 Å². The summed E-state index contributed by atoms with van der Waals surface area (Å²) in [4.78, 5) is -0.433. The maximum Gasteiger partial charge on any atom is 0.248 e. The van der Waals surface area contributed by atoms with Crippen LogP contribution in [0.5, 0.6) is 0 Å². The van der Waals surface area contributed by atoms with Crippen molar-refractivity contribution in [2.45, 2.75) is 30.8 Å². The molecule has 1 aliphatic rings. The Kier molecular flexibility index (Phi) is 4.62. The van der Waals surface area contributed by atoms with Crippen molar-refractivity contribution < 1.29 is 17.5 Å². The Bertz CT molecular complexity index is 555. The molecule has 0 spiro atoms. The maximum absolute atomic E-state index is 13.8. The van der Waals surface area contributed by atoms with Gasteiger partial charge in [-0.25, -0.2) is 12.8 Å². The Morgan fingerprint density at radius 2 is 2.25 bits per heavy atom. The Morgan fingerprint density at radius 3 is 2.90 bits per heavy atom. The first kappa shape index (κ1) is 15.2. The van der Waals surface area contributed by atoms with E-state index in [-0.39, 0.29) is 18.3 Å². The molecule has 1 unspecified atom stereocenters. The number of benzene rings is 1. The lowest BCUT2D eigenvalue weighted by atomic mass is 10.1. The molecule has 7 heteroatoms. The van der Waals surface area contributed by atoms with E-state index in [0.717, 1.165) is 12.5 Å². The van der Waals surface area contributed by atoms with E-state index in [1.165, 1.54) is 16.4 Å². The van der Waals surface area contributed by atoms with Gasteiger partial charge in [-0.15, -0.1) is 0 Å². The summed E-state index contributed by atoms with van der Waals surface area (Å²) < 4.78 is 45.6. The molecule has 2 rings (SSSR count). The van der Waals surface area contributed by atoms with Gasteiger partial charge in [-0.1, -0.05) is 6.07 Å². The fraction of sp³-hybridized carbons (Fsp3) is 0.538. The summed E-state index contributed by atoms with van der Waals surface area (Å²) in [7, 11) is -3.92. The molecule has 0 amide bonds. The highest BCUT2D eigenvalue weighted by molar-refractivity contribution is 7.89. The van der Waals surface area contributed by atoms with E-state index in [2.05, 4.69) is 0 Å². The Balaban J connectivity index is 2.30. The number of piperidine rings is 1. The van der Waals surface area contributed by atoms with E-state index < -0.39 is 20.7 Å². The predicted octanol–water partition coefficient (Wildman–Crippen LogP) is 1.60. The second-order valence-electron chi connectivity index (χ2n) is 4.74. The van der Waals surface area contributed by atoms with E-state index in [4.69, 9.17) is 10.5 Å². The molecule has 1 fully saturated rings. The highest BCUT2D eigenvalue weighted by Gasteiger charge is 2.33. The van der Waals surface area contributed by atoms with Crippen molar-refractivity contribution >= 4 is 15.7 Å². The number of hydrogen-bond acceptors (Lipinski definition) is 4. The number of rotatable bonds is 4. The van der Waals surface area contributed by atoms with Gasteiger partial charge in [0, 0.05) is 19.7 Å². The molecule has 112 valence electrons. The first-order chi connectivity index (χ1) is 9.46. The lowest BCUT2D eigenvalue weighted by molar-refractivity contribution is 0.0264. The van der Waals surface area contributed by atoms with Gasteiger partial charge in [-0.05, 0) is 31.9 Å². The summed E-state index contributed by atoms with van der Waals surface area (Å²) in [6.07, 6.45) is 1.36. The van der Waals surface area contributed by atoms with Crippen molar-refractivity contribution in [3.05, 3.63) is 24.0 Å². The van der Waals surface area contributed by atoms with Gasteiger partial charge in [0.15, 0.2) is 0 Å². The average Bonchev–Trinajstić information content (AvgIpc) is 2.39. The molecule has 1 aromatic carbocycles. The van der Waals surface area contributed by atoms with E-state index >= 15 is 0 Å². The molecule has 20 heavy (non-hydrogen) atoms. The highest BCUT2D eigenvalue weighted by atomic mass is 32.2. The van der Waals surface area contributed by atoms with Gasteiger partial charge in [0.1, 0.15) is 10.7 Å². The van der Waals surface area contributed by atoms with Gasteiger partial charge in [-0.2, -0.15) is 4.31 Å². The second-order valence-corrected chi connectivity index (χ2v) is 6.62. The third-order valence-electron chi connectivity index (χ3n) is 3.34. The zero-order chi connectivity index (χ0) is 14.8. The van der Waals surface area contributed by atoms with Gasteiger partial charge in [0.25, 0.3) is 0 Å². The van der Waals surface area contributed by atoms with Crippen molar-refractivity contribution in [1.82, 2.24) is 4.31 Å². The molecule has 1 atom stereocenters. The molecule has 0 aromatic heterocycles. The van der Waals surface area contributed by atoms with Crippen LogP contribution in [-0.2, 0) is 14.8 Å². The van der Waals surface area contributed by atoms with Crippen molar-refractivity contribution in [2.24, 2.45) is 0 Å². The maximum atomic E-state index is 13.8. The number of ether oxygens (including phenoxy) is 1. The molecule has 5 nitrogen and oxygen atoms in total. The smallest absolute Gasteiger partial charge is 0.248 e. The van der Waals surface area contributed by atoms with Crippen LogP contribution in [0.1, 0.15) is 19.8 Å². The van der Waals surface area contributed by atoms with Gasteiger partial charge in [0.2, 0.25) is 10.0 Å². The van der Waals surface area contributed by atoms with Gasteiger partial charge in [-0.3, -0.25) is 0 Å². The molecule has 0 saturated carbocycles. The number of nitrogen functional groups attached to an aromatic ring is 1. The lowest BCUT2D eigenvalue weighted by Gasteiger charge is -2.31. The molecule has 1 aromatic rings. The monoisotopic (exact) mass is 302 g/mol. The molecule has 0 aliphatic carbocycles. The molecule has 0 bridgehead atoms. The van der Waals surface area contributed by atoms with Gasteiger partial charge in [0.05, 0.1) is 11.8 Å². The summed E-state index contributed by atoms with van der Waals surface area (Å²) in [5.41, 5.74) is 5.56. The minimum Gasteiger partial charge on any atom is -0.398 e. The fourth-order valence-corrected chi connectivity index (χ4v) is 4.09. The number of anilines is 1. The number of hydrogen-bond donors (Lipinski definition) is 1. The van der Waals surface area contributed by atoms with Crippen LogP contribution in [0.15, 0.2) is 23.1 Å². The molecule has 2 N–H and O–H groups in total. The van der Waals surface area contributed by atoms with Crippen molar-refractivity contribution in [2.75, 3.05) is 25.4 Å². The van der Waals surface area contributed by atoms with Crippen molar-refractivity contribution in [3.63, 3.8) is 0 Å². The number of nitrogens with zero attached hydrogens (tertiary/aromatic N) is 1. The minimum atomic E-state index is -3.92. The van der Waals surface area contributed by atoms with Crippen LogP contribution in [0.4, 0.5) is 10.1 Å². The van der Waals surface area contributed by atoms with E-state index in [0.29, 0.717) is 19.6 Å². The fourth-order valence-electron chi connectivity index (χ4n) is 2.42. The van der Waals surface area contributed by atoms with Crippen LogP contribution in [-0.4, -0.2) is 38.5 Å². The predicted molar refractivity (Wildman–Crippen MR) is 74.2 cm³/mol. The Morgan fingerprint density at radius 1 is 1.50 bits per heavy atom. The summed E-state index contributed by atoms with van der Waals surface area (Å²) in [6, 6.07) is 3.88. The third kappa shape index (κ3) is 2.94. The third-order valence-corrected chi connectivity index (χ3v) is 5.30. The summed E-state index contributed by atoms with van der Waals surface area (Å²) in [5.74, 6) is -0.816. The average molecular weight is 302 g/mol. The molecular weight excluding hydrogens is 283 g/mol. The van der Waals surface area contributed by atoms with Gasteiger partial charge >= 0.3 is 0 Å². The molecule has 1 saturated heterocycles. The molecular formula is C13H19FN2O3S. The zero-order valence-electron chi connectivity index (χ0n) is 11.4. The van der Waals surface area contributed by atoms with E-state index in [9.17, 15) is 12.8 Å². The van der Waals surface area contributed by atoms with Crippen LogP contribution >= 0.6 is 0 Å². The second kappa shape index (κ2) is 6.07. The quantitative estimate of drug-likeness (QED) is 0.857. The summed E-state index contributed by atoms with van der Waals surface area (Å²) in [6.45, 7) is 2.99. The van der Waals surface area contributed by atoms with Crippen LogP contribution in [0, 0.1) is 5.82 Å². The first-order valence-electron chi connectivity index (χ1n) is 6.62. The summed E-state index contributed by atoms with van der Waals surface area (Å²) >= 11 is 0. The molecule has 0 radical (unpaired) electrons. The standard InChI is InChI=1S/C13H19FN2O3S/c1-2-19-10-5-4-8-16(9-10)20(17,18)13-11(14)6-3-7-12(13)15/h3,6-7,10H,2,4-5,8-9,15H2,1H3. The molecule has 1 heterocycles. The summed E-state index contributed by atoms with van der Waals surface area (Å²) in [5, 5.41) is 0.